The summed E-state index contributed by atoms with van der Waals surface area (Å²) in [5, 5.41) is 0. The molecule has 1 aromatic rings. The van der Waals surface area contributed by atoms with Gasteiger partial charge in [0.1, 0.15) is 31.2 Å². The molecule has 0 saturated carbocycles. The van der Waals surface area contributed by atoms with Crippen molar-refractivity contribution in [3.8, 4) is 0 Å². The van der Waals surface area contributed by atoms with Crippen LogP contribution in [0, 0.1) is 5.92 Å². The lowest BCUT2D eigenvalue weighted by molar-refractivity contribution is -1.11. The number of hydroxylamine groups is 3. The van der Waals surface area contributed by atoms with Gasteiger partial charge in [0.05, 0.1) is 6.61 Å². The number of fused-ring (bicyclic) bond motifs is 3. The van der Waals surface area contributed by atoms with Gasteiger partial charge in [0.25, 0.3) is 0 Å². The minimum atomic E-state index is -0.0567. The highest BCUT2D eigenvalue weighted by molar-refractivity contribution is 5.74. The predicted molar refractivity (Wildman–Crippen MR) is 76.9 cm³/mol. The third-order valence-corrected chi connectivity index (χ3v) is 5.24. The molecular formula is C17H22NO3+. The van der Waals surface area contributed by atoms with Crippen LogP contribution >= 0.6 is 0 Å². The third-order valence-electron chi connectivity index (χ3n) is 5.24. The van der Waals surface area contributed by atoms with Gasteiger partial charge < -0.3 is 4.74 Å². The number of rotatable bonds is 2. The van der Waals surface area contributed by atoms with Gasteiger partial charge >= 0.3 is 5.97 Å². The van der Waals surface area contributed by atoms with Crippen LogP contribution in [0.3, 0.4) is 0 Å². The SMILES string of the molecule is O=C1OCCC[C@H]2O[N+]3(Cc4ccccc4)CCC[C@@H]3[C@@H]12. The van der Waals surface area contributed by atoms with Gasteiger partial charge in [-0.05, 0) is 12.8 Å². The normalized spacial score (nSPS) is 38.5. The summed E-state index contributed by atoms with van der Waals surface area (Å²) in [4.78, 5) is 18.8. The molecule has 4 rings (SSSR count). The second kappa shape index (κ2) is 5.11. The Morgan fingerprint density at radius 2 is 2.00 bits per heavy atom. The van der Waals surface area contributed by atoms with Crippen LogP contribution in [0.15, 0.2) is 30.3 Å². The molecule has 112 valence electrons. The van der Waals surface area contributed by atoms with Crippen LogP contribution in [-0.4, -0.2) is 35.9 Å². The van der Waals surface area contributed by atoms with E-state index in [-0.39, 0.29) is 24.0 Å². The summed E-state index contributed by atoms with van der Waals surface area (Å²) < 4.78 is 6.02. The first kappa shape index (κ1) is 13.3. The molecule has 3 saturated heterocycles. The number of carbonyl (C=O) groups excluding carboxylic acids is 1. The number of hydrogen-bond donors (Lipinski definition) is 0. The monoisotopic (exact) mass is 288 g/mol. The standard InChI is InChI=1S/C17H22NO3/c19-17-16-14-8-4-10-18(14,12-13-6-2-1-3-7-13)21-15(16)9-5-11-20-17/h1-3,6-7,14-16H,4-5,8-12H2/q+1/t14-,15-,16-,18?/m1/s1. The minimum absolute atomic E-state index is 0.0301. The summed E-state index contributed by atoms with van der Waals surface area (Å²) in [6.07, 6.45) is 4.12. The molecule has 0 N–H and O–H groups in total. The number of carbonyl (C=O) groups is 1. The highest BCUT2D eigenvalue weighted by Crippen LogP contribution is 2.46. The zero-order chi connectivity index (χ0) is 14.3. The molecule has 4 atom stereocenters. The van der Waals surface area contributed by atoms with Gasteiger partial charge in [0.2, 0.25) is 0 Å². The highest BCUT2D eigenvalue weighted by Gasteiger charge is 2.62. The Hall–Kier alpha value is -1.39. The highest BCUT2D eigenvalue weighted by atomic mass is 16.7. The molecule has 3 aliphatic heterocycles. The Morgan fingerprint density at radius 1 is 1.14 bits per heavy atom. The molecule has 0 radical (unpaired) electrons. The van der Waals surface area contributed by atoms with Crippen molar-refractivity contribution in [3.05, 3.63) is 35.9 Å². The van der Waals surface area contributed by atoms with Crippen molar-refractivity contribution in [2.45, 2.75) is 44.4 Å². The lowest BCUT2D eigenvalue weighted by Crippen LogP contribution is -2.48. The number of nitrogens with zero attached hydrogens (tertiary/aromatic N) is 1. The van der Waals surface area contributed by atoms with Crippen molar-refractivity contribution in [1.29, 1.82) is 0 Å². The Kier molecular flexibility index (Phi) is 3.23. The molecule has 3 aliphatic rings. The maximum atomic E-state index is 12.3. The van der Waals surface area contributed by atoms with E-state index in [1.54, 1.807) is 0 Å². The lowest BCUT2D eigenvalue weighted by Gasteiger charge is -2.31. The first-order chi connectivity index (χ1) is 10.3. The first-order valence-corrected chi connectivity index (χ1v) is 8.04. The van der Waals surface area contributed by atoms with Crippen LogP contribution in [0.4, 0.5) is 0 Å². The van der Waals surface area contributed by atoms with Crippen molar-refractivity contribution in [1.82, 2.24) is 0 Å². The van der Waals surface area contributed by atoms with Gasteiger partial charge in [-0.2, -0.15) is 9.48 Å². The quantitative estimate of drug-likeness (QED) is 0.619. The average molecular weight is 288 g/mol. The van der Waals surface area contributed by atoms with Crippen molar-refractivity contribution < 1.29 is 19.0 Å². The minimum Gasteiger partial charge on any atom is -0.465 e. The number of quaternary nitrogens is 1. The molecular weight excluding hydrogens is 266 g/mol. The number of benzene rings is 1. The van der Waals surface area contributed by atoms with Gasteiger partial charge in [-0.25, -0.2) is 0 Å². The second-order valence-corrected chi connectivity index (χ2v) is 6.51. The molecule has 21 heavy (non-hydrogen) atoms. The number of cyclic esters (lactones) is 1. The van der Waals surface area contributed by atoms with Crippen LogP contribution in [0.25, 0.3) is 0 Å². The van der Waals surface area contributed by atoms with Gasteiger partial charge in [0, 0.05) is 18.4 Å². The fourth-order valence-electron chi connectivity index (χ4n) is 4.38. The largest absolute Gasteiger partial charge is 0.465 e. The Bertz CT molecular complexity index is 532. The maximum absolute atomic E-state index is 12.3. The molecule has 0 aliphatic carbocycles. The smallest absolute Gasteiger partial charge is 0.318 e. The van der Waals surface area contributed by atoms with Crippen LogP contribution in [0.1, 0.15) is 31.2 Å². The summed E-state index contributed by atoms with van der Waals surface area (Å²) in [7, 11) is 0. The molecule has 1 unspecified atom stereocenters. The zero-order valence-electron chi connectivity index (χ0n) is 12.2. The van der Waals surface area contributed by atoms with Gasteiger partial charge in [-0.1, -0.05) is 30.3 Å². The second-order valence-electron chi connectivity index (χ2n) is 6.51. The van der Waals surface area contributed by atoms with Gasteiger partial charge in [-0.15, -0.1) is 0 Å². The summed E-state index contributed by atoms with van der Waals surface area (Å²) >= 11 is 0. The van der Waals surface area contributed by atoms with Crippen molar-refractivity contribution in [2.24, 2.45) is 5.92 Å². The molecule has 0 bridgehead atoms. The average Bonchev–Trinajstić information content (AvgIpc) is 2.93. The van der Waals surface area contributed by atoms with Crippen molar-refractivity contribution in [3.63, 3.8) is 0 Å². The van der Waals surface area contributed by atoms with Crippen LogP contribution in [0.2, 0.25) is 0 Å². The molecule has 1 aromatic carbocycles. The summed E-state index contributed by atoms with van der Waals surface area (Å²) in [5.41, 5.74) is 1.29. The number of ether oxygens (including phenoxy) is 1. The van der Waals surface area contributed by atoms with E-state index >= 15 is 0 Å². The molecule has 0 aromatic heterocycles. The van der Waals surface area contributed by atoms with Crippen LogP contribution in [0.5, 0.6) is 0 Å². The van der Waals surface area contributed by atoms with E-state index in [2.05, 4.69) is 24.3 Å². The summed E-state index contributed by atoms with van der Waals surface area (Å²) in [5.74, 6) is -0.0869. The topological polar surface area (TPSA) is 35.5 Å². The summed E-state index contributed by atoms with van der Waals surface area (Å²) in [6.45, 7) is 2.44. The van der Waals surface area contributed by atoms with E-state index < -0.39 is 0 Å². The van der Waals surface area contributed by atoms with Crippen molar-refractivity contribution in [2.75, 3.05) is 13.2 Å². The molecule has 4 heteroatoms. The fraction of sp³-hybridized carbons (Fsp3) is 0.588. The molecule has 3 heterocycles. The van der Waals surface area contributed by atoms with E-state index in [9.17, 15) is 4.79 Å². The van der Waals surface area contributed by atoms with Crippen LogP contribution in [-0.2, 0) is 20.9 Å². The van der Waals surface area contributed by atoms with E-state index in [1.807, 2.05) is 6.07 Å². The lowest BCUT2D eigenvalue weighted by atomic mass is 9.91. The Balaban J connectivity index is 1.64. The van der Waals surface area contributed by atoms with Gasteiger partial charge in [0.15, 0.2) is 0 Å². The number of hydrogen-bond acceptors (Lipinski definition) is 3. The van der Waals surface area contributed by atoms with E-state index in [1.165, 1.54) is 5.56 Å². The molecule has 4 nitrogen and oxygen atoms in total. The Labute approximate surface area is 125 Å². The molecule has 0 spiro atoms. The summed E-state index contributed by atoms with van der Waals surface area (Å²) in [6, 6.07) is 10.8. The van der Waals surface area contributed by atoms with E-state index in [0.29, 0.717) is 11.3 Å². The Morgan fingerprint density at radius 3 is 2.86 bits per heavy atom. The van der Waals surface area contributed by atoms with E-state index in [0.717, 1.165) is 38.8 Å². The molecule has 3 fully saturated rings. The molecule has 0 amide bonds. The van der Waals surface area contributed by atoms with Crippen LogP contribution < -0.4 is 0 Å². The number of esters is 1. The third kappa shape index (κ3) is 2.17. The first-order valence-electron chi connectivity index (χ1n) is 8.04. The van der Waals surface area contributed by atoms with Crippen molar-refractivity contribution >= 4 is 5.97 Å². The maximum Gasteiger partial charge on any atom is 0.318 e. The van der Waals surface area contributed by atoms with Gasteiger partial charge in [-0.3, -0.25) is 4.79 Å². The fourth-order valence-corrected chi connectivity index (χ4v) is 4.38. The predicted octanol–water partition coefficient (Wildman–Crippen LogP) is 2.43. The van der Waals surface area contributed by atoms with E-state index in [4.69, 9.17) is 9.57 Å². The zero-order valence-corrected chi connectivity index (χ0v) is 12.2.